The highest BCUT2D eigenvalue weighted by Crippen LogP contribution is 2.43. The third kappa shape index (κ3) is 4.29. The van der Waals surface area contributed by atoms with Gasteiger partial charge in [-0.15, -0.1) is 11.3 Å². The van der Waals surface area contributed by atoms with Crippen molar-refractivity contribution in [3.63, 3.8) is 0 Å². The van der Waals surface area contributed by atoms with Gasteiger partial charge < -0.3 is 9.13 Å². The van der Waals surface area contributed by atoms with Crippen LogP contribution in [0, 0.1) is 0 Å². The van der Waals surface area contributed by atoms with Crippen molar-refractivity contribution >= 4 is 75.1 Å². The maximum atomic E-state index is 2.46. The summed E-state index contributed by atoms with van der Waals surface area (Å²) in [7, 11) is 0. The summed E-state index contributed by atoms with van der Waals surface area (Å²) in [5, 5.41) is 7.81. The largest absolute Gasteiger partial charge is 0.309 e. The molecule has 3 heterocycles. The molecule has 2 nitrogen and oxygen atoms in total. The van der Waals surface area contributed by atoms with E-state index in [2.05, 4.69) is 191 Å². The van der Waals surface area contributed by atoms with Gasteiger partial charge >= 0.3 is 0 Å². The summed E-state index contributed by atoms with van der Waals surface area (Å²) >= 11 is 1.88. The molecule has 0 bridgehead atoms. The normalized spacial score (nSPS) is 11.9. The highest BCUT2D eigenvalue weighted by molar-refractivity contribution is 7.26. The number of nitrogens with zero attached hydrogens (tertiary/aromatic N) is 2. The number of hydrogen-bond donors (Lipinski definition) is 0. The Kier molecular flexibility index (Phi) is 6.16. The SMILES string of the molecule is c1ccc2c(c1)sc1ccc3c4ccccc4n(-c4ccc(-c5ccc(-c6ccc(-n7c8ccccc8c8ccccc87)cc6)cc5)cc4)c3c12. The second kappa shape index (κ2) is 11.0. The number of benzene rings is 8. The van der Waals surface area contributed by atoms with Gasteiger partial charge in [-0.05, 0) is 76.9 Å². The van der Waals surface area contributed by atoms with Crippen LogP contribution in [0.2, 0.25) is 0 Å². The number of thiophene rings is 1. The van der Waals surface area contributed by atoms with Crippen LogP contribution in [0.3, 0.4) is 0 Å². The fraction of sp³-hybridized carbons (Fsp3) is 0. The molecule has 238 valence electrons. The zero-order chi connectivity index (χ0) is 33.5. The van der Waals surface area contributed by atoms with Crippen molar-refractivity contribution in [2.24, 2.45) is 0 Å². The molecule has 3 aromatic heterocycles. The third-order valence-corrected chi connectivity index (χ3v) is 11.7. The van der Waals surface area contributed by atoms with Crippen LogP contribution in [0.5, 0.6) is 0 Å². The van der Waals surface area contributed by atoms with Crippen LogP contribution < -0.4 is 0 Å². The maximum absolute atomic E-state index is 2.46. The standard InChI is InChI=1S/C48H30N2S/c1-5-13-42-37(9-1)38-10-2-6-14-43(38)49(42)35-25-21-33(22-26-35)31-17-19-32(20-18-31)34-23-27-36(28-24-34)50-44-15-7-3-11-39(44)40-29-30-46-47(48(40)50)41-12-4-8-16-45(41)51-46/h1-30H. The molecule has 8 aromatic carbocycles. The Morgan fingerprint density at radius 2 is 0.706 bits per heavy atom. The average molecular weight is 667 g/mol. The number of aromatic nitrogens is 2. The minimum atomic E-state index is 1.17. The highest BCUT2D eigenvalue weighted by Gasteiger charge is 2.18. The van der Waals surface area contributed by atoms with E-state index < -0.39 is 0 Å². The van der Waals surface area contributed by atoms with Crippen LogP contribution >= 0.6 is 11.3 Å². The lowest BCUT2D eigenvalue weighted by Gasteiger charge is -2.11. The average Bonchev–Trinajstić information content (AvgIpc) is 3.86. The lowest BCUT2D eigenvalue weighted by molar-refractivity contribution is 1.18. The first kappa shape index (κ1) is 28.4. The van der Waals surface area contributed by atoms with E-state index in [9.17, 15) is 0 Å². The molecular formula is C48H30N2S. The van der Waals surface area contributed by atoms with Gasteiger partial charge in [0.25, 0.3) is 0 Å². The smallest absolute Gasteiger partial charge is 0.0634 e. The van der Waals surface area contributed by atoms with E-state index in [1.54, 1.807) is 0 Å². The van der Waals surface area contributed by atoms with Crippen molar-refractivity contribution in [3.8, 4) is 33.6 Å². The first-order valence-electron chi connectivity index (χ1n) is 17.4. The van der Waals surface area contributed by atoms with Crippen molar-refractivity contribution < 1.29 is 0 Å². The van der Waals surface area contributed by atoms with Crippen molar-refractivity contribution in [2.45, 2.75) is 0 Å². The second-order valence-electron chi connectivity index (χ2n) is 13.3. The van der Waals surface area contributed by atoms with E-state index >= 15 is 0 Å². The zero-order valence-corrected chi connectivity index (χ0v) is 28.4. The molecule has 11 aromatic rings. The summed E-state index contributed by atoms with van der Waals surface area (Å²) in [4.78, 5) is 0. The monoisotopic (exact) mass is 666 g/mol. The van der Waals surface area contributed by atoms with E-state index in [0.29, 0.717) is 0 Å². The van der Waals surface area contributed by atoms with Crippen molar-refractivity contribution in [1.29, 1.82) is 0 Å². The topological polar surface area (TPSA) is 9.86 Å². The van der Waals surface area contributed by atoms with Gasteiger partial charge in [-0.2, -0.15) is 0 Å². The fourth-order valence-corrected chi connectivity index (χ4v) is 9.30. The number of fused-ring (bicyclic) bond motifs is 10. The number of para-hydroxylation sites is 3. The van der Waals surface area contributed by atoms with Crippen molar-refractivity contribution in [2.75, 3.05) is 0 Å². The summed E-state index contributed by atoms with van der Waals surface area (Å²) < 4.78 is 7.48. The number of hydrogen-bond acceptors (Lipinski definition) is 1. The molecule has 11 rings (SSSR count). The van der Waals surface area contributed by atoms with Crippen LogP contribution in [0.1, 0.15) is 0 Å². The van der Waals surface area contributed by atoms with Gasteiger partial charge in [-0.3, -0.25) is 0 Å². The Morgan fingerprint density at radius 1 is 0.294 bits per heavy atom. The van der Waals surface area contributed by atoms with Crippen LogP contribution in [0.25, 0.3) is 97.4 Å². The van der Waals surface area contributed by atoms with Gasteiger partial charge in [0.2, 0.25) is 0 Å². The minimum absolute atomic E-state index is 1.17. The molecule has 0 N–H and O–H groups in total. The van der Waals surface area contributed by atoms with Gasteiger partial charge in [-0.25, -0.2) is 0 Å². The molecule has 51 heavy (non-hydrogen) atoms. The van der Waals surface area contributed by atoms with E-state index in [1.807, 2.05) is 11.3 Å². The Hall–Kier alpha value is -6.42. The molecule has 3 heteroatoms. The lowest BCUT2D eigenvalue weighted by Crippen LogP contribution is -1.94. The van der Waals surface area contributed by atoms with Gasteiger partial charge in [0.05, 0.1) is 22.1 Å². The summed E-state index contributed by atoms with van der Waals surface area (Å²) in [6.07, 6.45) is 0. The van der Waals surface area contributed by atoms with Crippen LogP contribution in [-0.4, -0.2) is 9.13 Å². The summed E-state index contributed by atoms with van der Waals surface area (Å²) in [6.45, 7) is 0. The van der Waals surface area contributed by atoms with Crippen LogP contribution in [0.15, 0.2) is 182 Å². The fourth-order valence-electron chi connectivity index (χ4n) is 8.19. The van der Waals surface area contributed by atoms with Gasteiger partial charge in [-0.1, -0.05) is 127 Å². The molecule has 0 amide bonds. The first-order chi connectivity index (χ1) is 25.3. The predicted octanol–water partition coefficient (Wildman–Crippen LogP) is 13.6. The maximum Gasteiger partial charge on any atom is 0.0634 e. The highest BCUT2D eigenvalue weighted by atomic mass is 32.1. The van der Waals surface area contributed by atoms with Crippen molar-refractivity contribution in [1.82, 2.24) is 9.13 Å². The molecule has 0 aliphatic rings. The Bertz CT molecular complexity index is 3050. The molecule has 0 aliphatic carbocycles. The summed E-state index contributed by atoms with van der Waals surface area (Å²) in [5.41, 5.74) is 12.2. The van der Waals surface area contributed by atoms with E-state index in [-0.39, 0.29) is 0 Å². The molecule has 0 saturated heterocycles. The molecular weight excluding hydrogens is 637 g/mol. The molecule has 0 atom stereocenters. The van der Waals surface area contributed by atoms with Gasteiger partial charge in [0.15, 0.2) is 0 Å². The molecule has 0 radical (unpaired) electrons. The quantitative estimate of drug-likeness (QED) is 0.177. The third-order valence-electron chi connectivity index (χ3n) is 10.6. The Balaban J connectivity index is 0.943. The molecule has 0 saturated carbocycles. The molecule has 0 unspecified atom stereocenters. The number of rotatable bonds is 4. The van der Waals surface area contributed by atoms with Gasteiger partial charge in [0.1, 0.15) is 0 Å². The summed E-state index contributed by atoms with van der Waals surface area (Å²) in [5.74, 6) is 0. The Labute approximate surface area is 298 Å². The zero-order valence-electron chi connectivity index (χ0n) is 27.6. The minimum Gasteiger partial charge on any atom is -0.309 e. The molecule has 0 spiro atoms. The van der Waals surface area contributed by atoms with Gasteiger partial charge in [0, 0.05) is 53.1 Å². The van der Waals surface area contributed by atoms with Crippen molar-refractivity contribution in [3.05, 3.63) is 182 Å². The van der Waals surface area contributed by atoms with Crippen LogP contribution in [0.4, 0.5) is 0 Å². The van der Waals surface area contributed by atoms with E-state index in [4.69, 9.17) is 0 Å². The Morgan fingerprint density at radius 3 is 1.25 bits per heavy atom. The van der Waals surface area contributed by atoms with E-state index in [1.165, 1.54) is 97.4 Å². The lowest BCUT2D eigenvalue weighted by atomic mass is 10.00. The molecule has 0 fully saturated rings. The van der Waals surface area contributed by atoms with Crippen LogP contribution in [-0.2, 0) is 0 Å². The predicted molar refractivity (Wildman–Crippen MR) is 219 cm³/mol. The first-order valence-corrected chi connectivity index (χ1v) is 18.3. The van der Waals surface area contributed by atoms with E-state index in [0.717, 1.165) is 0 Å². The second-order valence-corrected chi connectivity index (χ2v) is 14.4. The molecule has 0 aliphatic heterocycles. The summed E-state index contributed by atoms with van der Waals surface area (Å²) in [6, 6.07) is 66.5.